The Morgan fingerprint density at radius 1 is 0.773 bits per heavy atom. The fourth-order valence-corrected chi connectivity index (χ4v) is 5.35. The normalized spacial score (nSPS) is 11.2. The van der Waals surface area contributed by atoms with E-state index in [0.717, 1.165) is 33.2 Å². The predicted octanol–water partition coefficient (Wildman–Crippen LogP) is 6.73. The van der Waals surface area contributed by atoms with Crippen LogP contribution in [0.25, 0.3) is 50.1 Å². The number of nitrogens with zero attached hydrogens (tertiary/aromatic N) is 3. The Labute approximate surface area is 252 Å². The van der Waals surface area contributed by atoms with Crippen molar-refractivity contribution in [2.75, 3.05) is 11.9 Å². The summed E-state index contributed by atoms with van der Waals surface area (Å²) in [6, 6.07) is 38.5. The lowest BCUT2D eigenvalue weighted by molar-refractivity contribution is -0.121. The molecule has 2 N–H and O–H groups in total. The van der Waals surface area contributed by atoms with Crippen molar-refractivity contribution in [3.8, 4) is 33.5 Å². The lowest BCUT2D eigenvalue weighted by atomic mass is 10.0. The Morgan fingerprint density at radius 2 is 1.48 bits per heavy atom. The van der Waals surface area contributed by atoms with Crippen LogP contribution in [0.2, 0.25) is 0 Å². The monoisotopic (exact) mass is 577 g/mol. The smallest absolute Gasteiger partial charge is 0.284 e. The SMILES string of the molecule is O=C(COCc1ccccc1)Nc1[nH]c2c(-c3ccccc3)c(-c3ccccc3)nn2c(=O)c1-c1ccc2ncccc2c1. The van der Waals surface area contributed by atoms with Crippen LogP contribution in [0.5, 0.6) is 0 Å². The van der Waals surface area contributed by atoms with E-state index in [-0.39, 0.29) is 30.2 Å². The molecule has 3 heterocycles. The van der Waals surface area contributed by atoms with Crippen molar-refractivity contribution < 1.29 is 9.53 Å². The van der Waals surface area contributed by atoms with E-state index < -0.39 is 5.91 Å². The quantitative estimate of drug-likeness (QED) is 0.209. The van der Waals surface area contributed by atoms with Crippen LogP contribution in [-0.4, -0.2) is 32.1 Å². The molecule has 0 atom stereocenters. The molecule has 0 unspecified atom stereocenters. The molecule has 0 aliphatic carbocycles. The highest BCUT2D eigenvalue weighted by Crippen LogP contribution is 2.36. The van der Waals surface area contributed by atoms with Gasteiger partial charge in [0.15, 0.2) is 0 Å². The first kappa shape index (κ1) is 27.0. The van der Waals surface area contributed by atoms with Gasteiger partial charge in [0.25, 0.3) is 11.5 Å². The lowest BCUT2D eigenvalue weighted by Gasteiger charge is -2.13. The number of pyridine rings is 1. The first-order valence-electron chi connectivity index (χ1n) is 14.2. The maximum absolute atomic E-state index is 14.4. The highest BCUT2D eigenvalue weighted by molar-refractivity contribution is 5.98. The summed E-state index contributed by atoms with van der Waals surface area (Å²) in [5.41, 5.74) is 5.88. The molecular formula is C36H27N5O3. The molecule has 7 aromatic rings. The molecule has 214 valence electrons. The van der Waals surface area contributed by atoms with Gasteiger partial charge >= 0.3 is 0 Å². The summed E-state index contributed by atoms with van der Waals surface area (Å²) in [7, 11) is 0. The fraction of sp³-hybridized carbons (Fsp3) is 0.0556. The minimum atomic E-state index is -0.395. The van der Waals surface area contributed by atoms with Gasteiger partial charge in [-0.25, -0.2) is 0 Å². The second kappa shape index (κ2) is 11.8. The molecule has 0 saturated carbocycles. The minimum Gasteiger partial charge on any atom is -0.367 e. The summed E-state index contributed by atoms with van der Waals surface area (Å²) >= 11 is 0. The van der Waals surface area contributed by atoms with Crippen LogP contribution >= 0.6 is 0 Å². The zero-order valence-corrected chi connectivity index (χ0v) is 23.6. The molecule has 7 rings (SSSR count). The molecule has 4 aromatic carbocycles. The third kappa shape index (κ3) is 5.26. The van der Waals surface area contributed by atoms with E-state index >= 15 is 0 Å². The third-order valence-electron chi connectivity index (χ3n) is 7.40. The van der Waals surface area contributed by atoms with E-state index in [1.165, 1.54) is 4.52 Å². The third-order valence-corrected chi connectivity index (χ3v) is 7.40. The van der Waals surface area contributed by atoms with Crippen molar-refractivity contribution in [1.29, 1.82) is 0 Å². The Hall–Kier alpha value is -5.86. The summed E-state index contributed by atoms with van der Waals surface area (Å²) in [5.74, 6) is -0.135. The fourth-order valence-electron chi connectivity index (χ4n) is 5.35. The van der Waals surface area contributed by atoms with Crippen LogP contribution in [0.4, 0.5) is 5.82 Å². The number of carbonyl (C=O) groups is 1. The van der Waals surface area contributed by atoms with Gasteiger partial charge in [0.1, 0.15) is 23.8 Å². The van der Waals surface area contributed by atoms with Gasteiger partial charge in [0, 0.05) is 17.1 Å². The average Bonchev–Trinajstić information content (AvgIpc) is 3.46. The Bertz CT molecular complexity index is 2160. The number of hydrogen-bond acceptors (Lipinski definition) is 5. The van der Waals surface area contributed by atoms with Crippen LogP contribution in [0.3, 0.4) is 0 Å². The van der Waals surface area contributed by atoms with E-state index in [0.29, 0.717) is 16.9 Å². The number of nitrogens with one attached hydrogen (secondary N) is 2. The summed E-state index contributed by atoms with van der Waals surface area (Å²) in [6.45, 7) is 0.0960. The number of hydrogen-bond donors (Lipinski definition) is 2. The van der Waals surface area contributed by atoms with Crippen molar-refractivity contribution in [1.82, 2.24) is 19.6 Å². The van der Waals surface area contributed by atoms with Gasteiger partial charge in [0.05, 0.1) is 23.3 Å². The molecule has 0 aliphatic heterocycles. The van der Waals surface area contributed by atoms with Gasteiger partial charge in [-0.15, -0.1) is 0 Å². The molecule has 8 nitrogen and oxygen atoms in total. The van der Waals surface area contributed by atoms with Crippen LogP contribution in [0.15, 0.2) is 132 Å². The molecule has 0 saturated heterocycles. The van der Waals surface area contributed by atoms with Crippen LogP contribution in [0.1, 0.15) is 5.56 Å². The molecule has 1 amide bonds. The maximum Gasteiger partial charge on any atom is 0.284 e. The molecule has 0 spiro atoms. The van der Waals surface area contributed by atoms with Gasteiger partial charge in [-0.3, -0.25) is 14.6 Å². The molecule has 3 aromatic heterocycles. The van der Waals surface area contributed by atoms with Gasteiger partial charge in [-0.05, 0) is 34.9 Å². The number of fused-ring (bicyclic) bond motifs is 2. The molecule has 8 heteroatoms. The second-order valence-corrected chi connectivity index (χ2v) is 10.3. The summed E-state index contributed by atoms with van der Waals surface area (Å²) in [4.78, 5) is 35.4. The summed E-state index contributed by atoms with van der Waals surface area (Å²) in [5, 5.41) is 8.63. The van der Waals surface area contributed by atoms with Crippen LogP contribution in [0, 0.1) is 0 Å². The number of rotatable bonds is 8. The van der Waals surface area contributed by atoms with Gasteiger partial charge in [-0.2, -0.15) is 9.61 Å². The van der Waals surface area contributed by atoms with Gasteiger partial charge < -0.3 is 15.0 Å². The van der Waals surface area contributed by atoms with Crippen molar-refractivity contribution in [2.24, 2.45) is 0 Å². The molecule has 0 bridgehead atoms. The van der Waals surface area contributed by atoms with E-state index in [2.05, 4.69) is 15.3 Å². The standard InChI is InChI=1S/C36H27N5O3/c42-30(23-44-22-24-11-4-1-5-12-24)38-34-32(28-18-19-29-27(21-28)17-10-20-37-29)36(43)41-35(39-34)31(25-13-6-2-7-14-25)33(40-41)26-15-8-3-9-16-26/h1-21,39H,22-23H2,(H,38,42). The Kier molecular flexibility index (Phi) is 7.24. The number of anilines is 1. The van der Waals surface area contributed by atoms with Crippen molar-refractivity contribution in [3.05, 3.63) is 143 Å². The van der Waals surface area contributed by atoms with Crippen LogP contribution < -0.4 is 10.9 Å². The number of aromatic amines is 1. The first-order chi connectivity index (χ1) is 21.7. The van der Waals surface area contributed by atoms with Gasteiger partial charge in [-0.1, -0.05) is 103 Å². The van der Waals surface area contributed by atoms with E-state index in [1.807, 2.05) is 121 Å². The Morgan fingerprint density at radius 3 is 2.23 bits per heavy atom. The Balaban J connectivity index is 1.38. The average molecular weight is 578 g/mol. The van der Waals surface area contributed by atoms with Crippen molar-refractivity contribution >= 4 is 28.3 Å². The molecule has 0 aliphatic rings. The summed E-state index contributed by atoms with van der Waals surface area (Å²) in [6.07, 6.45) is 1.72. The lowest BCUT2D eigenvalue weighted by Crippen LogP contribution is -2.24. The van der Waals surface area contributed by atoms with Crippen molar-refractivity contribution in [3.63, 3.8) is 0 Å². The molecule has 0 radical (unpaired) electrons. The number of H-pyrrole nitrogens is 1. The summed E-state index contributed by atoms with van der Waals surface area (Å²) < 4.78 is 7.08. The maximum atomic E-state index is 14.4. The van der Waals surface area contributed by atoms with E-state index in [4.69, 9.17) is 9.84 Å². The van der Waals surface area contributed by atoms with E-state index in [9.17, 15) is 9.59 Å². The van der Waals surface area contributed by atoms with E-state index in [1.54, 1.807) is 6.20 Å². The zero-order valence-electron chi connectivity index (χ0n) is 23.6. The predicted molar refractivity (Wildman–Crippen MR) is 172 cm³/mol. The largest absolute Gasteiger partial charge is 0.367 e. The molecule has 0 fully saturated rings. The molecular weight excluding hydrogens is 550 g/mol. The zero-order chi connectivity index (χ0) is 29.9. The number of benzene rings is 4. The minimum absolute atomic E-state index is 0.191. The number of ether oxygens (including phenoxy) is 1. The number of carbonyl (C=O) groups excluding carboxylic acids is 1. The number of amides is 1. The van der Waals surface area contributed by atoms with Crippen LogP contribution in [-0.2, 0) is 16.1 Å². The molecule has 44 heavy (non-hydrogen) atoms. The topological polar surface area (TPSA) is 101 Å². The van der Waals surface area contributed by atoms with Crippen molar-refractivity contribution in [2.45, 2.75) is 6.61 Å². The second-order valence-electron chi connectivity index (χ2n) is 10.3. The first-order valence-corrected chi connectivity index (χ1v) is 14.2. The van der Waals surface area contributed by atoms with Gasteiger partial charge in [0.2, 0.25) is 0 Å². The number of aromatic nitrogens is 4. The highest BCUT2D eigenvalue weighted by Gasteiger charge is 2.23. The highest BCUT2D eigenvalue weighted by atomic mass is 16.5.